The summed E-state index contributed by atoms with van der Waals surface area (Å²) in [4.78, 5) is 19.8. The second kappa shape index (κ2) is 9.07. The van der Waals surface area contributed by atoms with E-state index >= 15 is 0 Å². The smallest absolute Gasteiger partial charge is 0.316 e. The summed E-state index contributed by atoms with van der Waals surface area (Å²) in [6.07, 6.45) is 3.94. The van der Waals surface area contributed by atoms with E-state index in [0.29, 0.717) is 5.75 Å². The van der Waals surface area contributed by atoms with Crippen LogP contribution in [0.4, 0.5) is 0 Å². The van der Waals surface area contributed by atoms with Gasteiger partial charge < -0.3 is 14.2 Å². The molecule has 0 aliphatic carbocycles. The lowest BCUT2D eigenvalue weighted by molar-refractivity contribution is -0.142. The third kappa shape index (κ3) is 4.88. The summed E-state index contributed by atoms with van der Waals surface area (Å²) in [5.74, 6) is 1.30. The van der Waals surface area contributed by atoms with Crippen molar-refractivity contribution in [2.24, 2.45) is 5.41 Å². The fraction of sp³-hybridized carbons (Fsp3) is 0.481. The van der Waals surface area contributed by atoms with Crippen molar-refractivity contribution in [3.63, 3.8) is 0 Å². The summed E-state index contributed by atoms with van der Waals surface area (Å²) < 4.78 is 7.90. The minimum absolute atomic E-state index is 0.232. The molecule has 5 nitrogen and oxygen atoms in total. The number of ether oxygens (including phenoxy) is 1. The lowest BCUT2D eigenvalue weighted by Gasteiger charge is -2.26. The van der Waals surface area contributed by atoms with Crippen molar-refractivity contribution in [3.8, 4) is 17.1 Å². The minimum Gasteiger partial charge on any atom is -0.426 e. The SMILES string of the molecule is Cc1cc2nc(-c3ccc(OC(=O)C(C)(C)C)cc3)n(CCN3CCCCC3)c2cc1C. The molecule has 1 aliphatic rings. The highest BCUT2D eigenvalue weighted by atomic mass is 16.5. The maximum Gasteiger partial charge on any atom is 0.316 e. The van der Waals surface area contributed by atoms with Gasteiger partial charge in [-0.1, -0.05) is 6.42 Å². The van der Waals surface area contributed by atoms with Crippen molar-refractivity contribution in [1.29, 1.82) is 0 Å². The molecule has 170 valence electrons. The number of carbonyl (C=O) groups is 1. The first kappa shape index (κ1) is 22.5. The maximum absolute atomic E-state index is 12.2. The normalized spacial score (nSPS) is 15.3. The highest BCUT2D eigenvalue weighted by Gasteiger charge is 2.24. The fourth-order valence-electron chi connectivity index (χ4n) is 4.18. The van der Waals surface area contributed by atoms with Gasteiger partial charge in [-0.05, 0) is 108 Å². The van der Waals surface area contributed by atoms with Crippen LogP contribution in [0.25, 0.3) is 22.4 Å². The molecule has 4 rings (SSSR count). The molecule has 3 aromatic rings. The molecular weight excluding hydrogens is 398 g/mol. The Labute approximate surface area is 191 Å². The molecule has 1 aromatic heterocycles. The number of likely N-dealkylation sites (tertiary alicyclic amines) is 1. The first-order chi connectivity index (χ1) is 15.2. The zero-order chi connectivity index (χ0) is 22.9. The van der Waals surface area contributed by atoms with Gasteiger partial charge in [0.15, 0.2) is 0 Å². The van der Waals surface area contributed by atoms with Gasteiger partial charge in [-0.2, -0.15) is 0 Å². The van der Waals surface area contributed by atoms with Gasteiger partial charge in [0.25, 0.3) is 0 Å². The largest absolute Gasteiger partial charge is 0.426 e. The average molecular weight is 434 g/mol. The number of nitrogens with zero attached hydrogens (tertiary/aromatic N) is 3. The molecule has 0 unspecified atom stereocenters. The molecule has 32 heavy (non-hydrogen) atoms. The Hall–Kier alpha value is -2.66. The van der Waals surface area contributed by atoms with Gasteiger partial charge in [-0.25, -0.2) is 4.98 Å². The van der Waals surface area contributed by atoms with Crippen LogP contribution in [0, 0.1) is 19.3 Å². The molecule has 2 aromatic carbocycles. The first-order valence-electron chi connectivity index (χ1n) is 11.7. The summed E-state index contributed by atoms with van der Waals surface area (Å²) in [6, 6.07) is 12.2. The second-order valence-electron chi connectivity index (χ2n) is 10.1. The Balaban J connectivity index is 1.65. The minimum atomic E-state index is -0.531. The lowest BCUT2D eigenvalue weighted by atomic mass is 9.97. The van der Waals surface area contributed by atoms with Gasteiger partial charge in [-0.15, -0.1) is 0 Å². The topological polar surface area (TPSA) is 47.4 Å². The van der Waals surface area contributed by atoms with Crippen molar-refractivity contribution in [2.75, 3.05) is 19.6 Å². The molecule has 0 N–H and O–H groups in total. The average Bonchev–Trinajstić information content (AvgIpc) is 3.10. The number of aromatic nitrogens is 2. The molecule has 0 atom stereocenters. The molecule has 1 saturated heterocycles. The van der Waals surface area contributed by atoms with Crippen molar-refractivity contribution >= 4 is 17.0 Å². The van der Waals surface area contributed by atoms with Crippen LogP contribution in [0.5, 0.6) is 5.75 Å². The quantitative estimate of drug-likeness (QED) is 0.379. The van der Waals surface area contributed by atoms with Gasteiger partial charge in [-0.3, -0.25) is 4.79 Å². The highest BCUT2D eigenvalue weighted by molar-refractivity contribution is 5.82. The number of imidazole rings is 1. The third-order valence-electron chi connectivity index (χ3n) is 6.39. The van der Waals surface area contributed by atoms with Crippen LogP contribution in [-0.4, -0.2) is 40.1 Å². The van der Waals surface area contributed by atoms with E-state index in [2.05, 4.69) is 35.4 Å². The maximum atomic E-state index is 12.2. The number of fused-ring (bicyclic) bond motifs is 1. The van der Waals surface area contributed by atoms with Gasteiger partial charge in [0.05, 0.1) is 16.4 Å². The molecular formula is C27H35N3O2. The van der Waals surface area contributed by atoms with Crippen LogP contribution in [-0.2, 0) is 11.3 Å². The van der Waals surface area contributed by atoms with E-state index in [-0.39, 0.29) is 5.97 Å². The Kier molecular flexibility index (Phi) is 6.38. The number of piperidine rings is 1. The lowest BCUT2D eigenvalue weighted by Crippen LogP contribution is -2.32. The monoisotopic (exact) mass is 433 g/mol. The first-order valence-corrected chi connectivity index (χ1v) is 11.7. The molecule has 5 heteroatoms. The van der Waals surface area contributed by atoms with E-state index in [1.54, 1.807) is 0 Å². The number of carbonyl (C=O) groups excluding carboxylic acids is 1. The second-order valence-corrected chi connectivity index (χ2v) is 10.1. The molecule has 2 heterocycles. The van der Waals surface area contributed by atoms with Gasteiger partial charge in [0.2, 0.25) is 0 Å². The van der Waals surface area contributed by atoms with E-state index in [1.165, 1.54) is 49.0 Å². The van der Waals surface area contributed by atoms with Crippen LogP contribution in [0.2, 0.25) is 0 Å². The third-order valence-corrected chi connectivity index (χ3v) is 6.39. The Morgan fingerprint density at radius 2 is 1.62 bits per heavy atom. The summed E-state index contributed by atoms with van der Waals surface area (Å²) in [5, 5.41) is 0. The van der Waals surface area contributed by atoms with Crippen LogP contribution in [0.1, 0.15) is 51.2 Å². The molecule has 0 spiro atoms. The van der Waals surface area contributed by atoms with E-state index in [4.69, 9.17) is 9.72 Å². The zero-order valence-electron chi connectivity index (χ0n) is 20.1. The van der Waals surface area contributed by atoms with Crippen LogP contribution in [0.3, 0.4) is 0 Å². The van der Waals surface area contributed by atoms with Crippen LogP contribution < -0.4 is 4.74 Å². The van der Waals surface area contributed by atoms with Crippen molar-refractivity contribution in [2.45, 2.75) is 60.4 Å². The van der Waals surface area contributed by atoms with E-state index in [0.717, 1.165) is 30.0 Å². The van der Waals surface area contributed by atoms with Crippen LogP contribution in [0.15, 0.2) is 36.4 Å². The Bertz CT molecular complexity index is 1100. The van der Waals surface area contributed by atoms with E-state index in [1.807, 2.05) is 45.0 Å². The molecule has 0 amide bonds. The summed E-state index contributed by atoms with van der Waals surface area (Å²) >= 11 is 0. The van der Waals surface area contributed by atoms with E-state index in [9.17, 15) is 4.79 Å². The predicted molar refractivity (Wildman–Crippen MR) is 130 cm³/mol. The number of benzene rings is 2. The molecule has 1 fully saturated rings. The molecule has 0 radical (unpaired) electrons. The van der Waals surface area contributed by atoms with Crippen LogP contribution >= 0.6 is 0 Å². The van der Waals surface area contributed by atoms with Gasteiger partial charge >= 0.3 is 5.97 Å². The molecule has 1 aliphatic heterocycles. The number of hydrogen-bond donors (Lipinski definition) is 0. The fourth-order valence-corrected chi connectivity index (χ4v) is 4.18. The number of aryl methyl sites for hydroxylation is 2. The van der Waals surface area contributed by atoms with Crippen molar-refractivity contribution in [1.82, 2.24) is 14.5 Å². The van der Waals surface area contributed by atoms with E-state index < -0.39 is 5.41 Å². The summed E-state index contributed by atoms with van der Waals surface area (Å²) in [5.41, 5.74) is 5.26. The number of rotatable bonds is 5. The Morgan fingerprint density at radius 3 is 2.28 bits per heavy atom. The Morgan fingerprint density at radius 1 is 0.969 bits per heavy atom. The highest BCUT2D eigenvalue weighted by Crippen LogP contribution is 2.29. The predicted octanol–water partition coefficient (Wildman–Crippen LogP) is 5.76. The molecule has 0 saturated carbocycles. The standard InChI is InChI=1S/C27H35N3O2/c1-19-17-23-24(18-20(19)2)30(16-15-29-13-7-6-8-14-29)25(28-23)21-9-11-22(12-10-21)32-26(31)27(3,4)5/h9-12,17-18H,6-8,13-16H2,1-5H3. The van der Waals surface area contributed by atoms with Gasteiger partial charge in [0, 0.05) is 18.7 Å². The zero-order valence-corrected chi connectivity index (χ0v) is 20.1. The van der Waals surface area contributed by atoms with Crippen molar-refractivity contribution in [3.05, 3.63) is 47.5 Å². The number of esters is 1. The van der Waals surface area contributed by atoms with Gasteiger partial charge in [0.1, 0.15) is 11.6 Å². The summed E-state index contributed by atoms with van der Waals surface area (Å²) in [6.45, 7) is 14.2. The number of hydrogen-bond acceptors (Lipinski definition) is 4. The van der Waals surface area contributed by atoms with Crippen molar-refractivity contribution < 1.29 is 9.53 Å². The summed E-state index contributed by atoms with van der Waals surface area (Å²) in [7, 11) is 0. The molecule has 0 bridgehead atoms.